The van der Waals surface area contributed by atoms with Gasteiger partial charge in [0.1, 0.15) is 17.2 Å². The lowest BCUT2D eigenvalue weighted by molar-refractivity contribution is -0.132. The first-order valence-electron chi connectivity index (χ1n) is 7.86. The summed E-state index contributed by atoms with van der Waals surface area (Å²) >= 11 is 1.41. The second-order valence-corrected chi connectivity index (χ2v) is 6.91. The van der Waals surface area contributed by atoms with Gasteiger partial charge in [-0.1, -0.05) is 11.3 Å². The minimum atomic E-state index is 0.00844. The maximum Gasteiger partial charge on any atom is 0.237 e. The molecular weight excluding hydrogens is 326 g/mol. The van der Waals surface area contributed by atoms with Crippen LogP contribution in [0.1, 0.15) is 30.4 Å². The molecule has 9 heteroatoms. The summed E-state index contributed by atoms with van der Waals surface area (Å²) in [5.41, 5.74) is 2.54. The van der Waals surface area contributed by atoms with Crippen LogP contribution >= 0.6 is 11.3 Å². The van der Waals surface area contributed by atoms with Gasteiger partial charge in [-0.25, -0.2) is 9.97 Å². The Morgan fingerprint density at radius 2 is 2.29 bits per heavy atom. The lowest BCUT2D eigenvalue weighted by Gasteiger charge is -2.26. The third-order valence-electron chi connectivity index (χ3n) is 3.82. The van der Waals surface area contributed by atoms with Gasteiger partial charge in [0.25, 0.3) is 0 Å². The van der Waals surface area contributed by atoms with Crippen molar-refractivity contribution in [3.05, 3.63) is 23.1 Å². The maximum absolute atomic E-state index is 12.5. The predicted octanol–water partition coefficient (Wildman–Crippen LogP) is 1.61. The molecule has 8 nitrogen and oxygen atoms in total. The number of nitrogens with zero attached hydrogens (tertiary/aromatic N) is 6. The van der Waals surface area contributed by atoms with Crippen LogP contribution in [0.2, 0.25) is 0 Å². The summed E-state index contributed by atoms with van der Waals surface area (Å²) in [6, 6.07) is 1.91. The average Bonchev–Trinajstić information content (AvgIpc) is 3.16. The zero-order chi connectivity index (χ0) is 17.1. The number of aromatic nitrogens is 4. The molecule has 0 bridgehead atoms. The SMILES string of the molecule is Cc1nc(Nc2nncs2)cc(C2CCCN2C(=O)CN(C)C)n1. The number of likely N-dealkylation sites (N-methyl/N-ethyl adjacent to an activating group) is 1. The van der Waals surface area contributed by atoms with Crippen LogP contribution in [0.25, 0.3) is 0 Å². The van der Waals surface area contributed by atoms with E-state index in [1.165, 1.54) is 11.3 Å². The quantitative estimate of drug-likeness (QED) is 0.879. The summed E-state index contributed by atoms with van der Waals surface area (Å²) in [5, 5.41) is 11.6. The number of carbonyl (C=O) groups excluding carboxylic acids is 1. The Morgan fingerprint density at radius 3 is 3.00 bits per heavy atom. The topological polar surface area (TPSA) is 87.1 Å². The van der Waals surface area contributed by atoms with E-state index in [-0.39, 0.29) is 11.9 Å². The molecular formula is C15H21N7OS. The van der Waals surface area contributed by atoms with E-state index in [2.05, 4.69) is 25.5 Å². The van der Waals surface area contributed by atoms with E-state index in [4.69, 9.17) is 0 Å². The lowest BCUT2D eigenvalue weighted by atomic mass is 10.1. The first kappa shape index (κ1) is 16.7. The van der Waals surface area contributed by atoms with E-state index in [0.29, 0.717) is 23.3 Å². The van der Waals surface area contributed by atoms with Gasteiger partial charge in [0.15, 0.2) is 0 Å². The Hall–Kier alpha value is -2.13. The summed E-state index contributed by atoms with van der Waals surface area (Å²) in [6.45, 7) is 3.05. The molecule has 1 aliphatic rings. The Balaban J connectivity index is 1.82. The van der Waals surface area contributed by atoms with Gasteiger partial charge in [0.05, 0.1) is 18.3 Å². The van der Waals surface area contributed by atoms with Crippen molar-refractivity contribution in [1.82, 2.24) is 30.0 Å². The summed E-state index contributed by atoms with van der Waals surface area (Å²) in [7, 11) is 3.81. The second kappa shape index (κ2) is 7.18. The molecule has 1 amide bonds. The molecule has 24 heavy (non-hydrogen) atoms. The van der Waals surface area contributed by atoms with Crippen molar-refractivity contribution in [2.75, 3.05) is 32.5 Å². The molecule has 0 spiro atoms. The smallest absolute Gasteiger partial charge is 0.237 e. The fourth-order valence-corrected chi connectivity index (χ4v) is 3.35. The van der Waals surface area contributed by atoms with Crippen LogP contribution < -0.4 is 5.32 Å². The van der Waals surface area contributed by atoms with Crippen molar-refractivity contribution < 1.29 is 4.79 Å². The highest BCUT2D eigenvalue weighted by Gasteiger charge is 2.31. The largest absolute Gasteiger partial charge is 0.333 e. The van der Waals surface area contributed by atoms with Gasteiger partial charge in [-0.15, -0.1) is 10.2 Å². The number of aryl methyl sites for hydroxylation is 1. The number of nitrogens with one attached hydrogen (secondary N) is 1. The summed E-state index contributed by atoms with van der Waals surface area (Å²) in [4.78, 5) is 25.3. The zero-order valence-corrected chi connectivity index (χ0v) is 14.9. The highest BCUT2D eigenvalue weighted by molar-refractivity contribution is 7.13. The van der Waals surface area contributed by atoms with E-state index in [1.54, 1.807) is 5.51 Å². The van der Waals surface area contributed by atoms with Crippen molar-refractivity contribution in [2.24, 2.45) is 0 Å². The Morgan fingerprint density at radius 1 is 1.46 bits per heavy atom. The van der Waals surface area contributed by atoms with E-state index in [1.807, 2.05) is 36.9 Å². The fraction of sp³-hybridized carbons (Fsp3) is 0.533. The number of rotatable bonds is 5. The molecule has 1 N–H and O–H groups in total. The number of hydrogen-bond acceptors (Lipinski definition) is 8. The monoisotopic (exact) mass is 347 g/mol. The first-order valence-corrected chi connectivity index (χ1v) is 8.74. The minimum Gasteiger partial charge on any atom is -0.333 e. The molecule has 1 saturated heterocycles. The van der Waals surface area contributed by atoms with Gasteiger partial charge < -0.3 is 15.1 Å². The highest BCUT2D eigenvalue weighted by Crippen LogP contribution is 2.32. The number of amides is 1. The van der Waals surface area contributed by atoms with Gasteiger partial charge in [0, 0.05) is 12.6 Å². The molecule has 1 fully saturated rings. The Kier molecular flexibility index (Phi) is 5.00. The van der Waals surface area contributed by atoms with Gasteiger partial charge >= 0.3 is 0 Å². The summed E-state index contributed by atoms with van der Waals surface area (Å²) in [6.07, 6.45) is 1.92. The number of hydrogen-bond donors (Lipinski definition) is 1. The molecule has 0 aliphatic carbocycles. The van der Waals surface area contributed by atoms with Crippen LogP contribution in [0, 0.1) is 6.92 Å². The molecule has 0 aromatic carbocycles. The maximum atomic E-state index is 12.5. The highest BCUT2D eigenvalue weighted by atomic mass is 32.1. The van der Waals surface area contributed by atoms with Gasteiger partial charge in [-0.2, -0.15) is 0 Å². The van der Waals surface area contributed by atoms with Gasteiger partial charge in [-0.3, -0.25) is 4.79 Å². The molecule has 3 heterocycles. The normalized spacial score (nSPS) is 17.5. The fourth-order valence-electron chi connectivity index (χ4n) is 2.90. The number of likely N-dealkylation sites (tertiary alicyclic amines) is 1. The summed E-state index contributed by atoms with van der Waals surface area (Å²) < 4.78 is 0. The third-order valence-corrected chi connectivity index (χ3v) is 4.43. The van der Waals surface area contributed by atoms with E-state index < -0.39 is 0 Å². The standard InChI is InChI=1S/C15H21N7OS/c1-10-17-11(7-13(18-10)19-15-20-16-9-24-15)12-5-4-6-22(12)14(23)8-21(2)3/h7,9,12H,4-6,8H2,1-3H3,(H,17,18,19,20). The molecule has 0 radical (unpaired) electrons. The van der Waals surface area contributed by atoms with Crippen LogP contribution in [0.3, 0.4) is 0 Å². The second-order valence-electron chi connectivity index (χ2n) is 6.08. The Labute approximate surface area is 144 Å². The average molecular weight is 347 g/mol. The molecule has 1 aliphatic heterocycles. The minimum absolute atomic E-state index is 0.00844. The number of carbonyl (C=O) groups is 1. The molecule has 2 aromatic rings. The molecule has 1 atom stereocenters. The van der Waals surface area contributed by atoms with Crippen LogP contribution in [-0.4, -0.2) is 63.1 Å². The lowest BCUT2D eigenvalue weighted by Crippen LogP contribution is -2.37. The van der Waals surface area contributed by atoms with Crippen LogP contribution in [0.5, 0.6) is 0 Å². The van der Waals surface area contributed by atoms with E-state index in [9.17, 15) is 4.79 Å². The van der Waals surface area contributed by atoms with E-state index in [0.717, 1.165) is 25.1 Å². The van der Waals surface area contributed by atoms with Crippen LogP contribution in [0.15, 0.2) is 11.6 Å². The number of anilines is 2. The first-order chi connectivity index (χ1) is 11.5. The van der Waals surface area contributed by atoms with E-state index >= 15 is 0 Å². The summed E-state index contributed by atoms with van der Waals surface area (Å²) in [5.74, 6) is 1.49. The Bertz CT molecular complexity index is 704. The van der Waals surface area contributed by atoms with Crippen molar-refractivity contribution in [1.29, 1.82) is 0 Å². The molecule has 3 rings (SSSR count). The molecule has 128 valence electrons. The zero-order valence-electron chi connectivity index (χ0n) is 14.1. The molecule has 1 unspecified atom stereocenters. The molecule has 0 saturated carbocycles. The van der Waals surface area contributed by atoms with Gasteiger partial charge in [0.2, 0.25) is 11.0 Å². The van der Waals surface area contributed by atoms with Crippen molar-refractivity contribution >= 4 is 28.2 Å². The van der Waals surface area contributed by atoms with Crippen molar-refractivity contribution in [3.63, 3.8) is 0 Å². The van der Waals surface area contributed by atoms with Gasteiger partial charge in [-0.05, 0) is 33.9 Å². The van der Waals surface area contributed by atoms with Crippen molar-refractivity contribution in [2.45, 2.75) is 25.8 Å². The molecule has 2 aromatic heterocycles. The predicted molar refractivity (Wildman–Crippen MR) is 92.2 cm³/mol. The van der Waals surface area contributed by atoms with Crippen molar-refractivity contribution in [3.8, 4) is 0 Å². The third kappa shape index (κ3) is 3.85. The van der Waals surface area contributed by atoms with Crippen LogP contribution in [0.4, 0.5) is 10.9 Å². The van der Waals surface area contributed by atoms with Crippen LogP contribution in [-0.2, 0) is 4.79 Å².